The van der Waals surface area contributed by atoms with Crippen molar-refractivity contribution in [1.82, 2.24) is 5.32 Å². The Bertz CT molecular complexity index is 495. The van der Waals surface area contributed by atoms with Crippen LogP contribution >= 0.6 is 11.3 Å². The largest absolute Gasteiger partial charge is 0.453 e. The summed E-state index contributed by atoms with van der Waals surface area (Å²) in [4.78, 5) is 36.4. The van der Waals surface area contributed by atoms with Crippen LogP contribution in [0.2, 0.25) is 0 Å². The first-order valence-corrected chi connectivity index (χ1v) is 7.32. The van der Waals surface area contributed by atoms with Crippen molar-refractivity contribution in [1.29, 1.82) is 0 Å². The number of rotatable bonds is 7. The summed E-state index contributed by atoms with van der Waals surface area (Å²) in [5.74, 6) is -0.947. The summed E-state index contributed by atoms with van der Waals surface area (Å²) >= 11 is 1.41. The van der Waals surface area contributed by atoms with E-state index in [1.807, 2.05) is 13.0 Å². The lowest BCUT2D eigenvalue weighted by molar-refractivity contribution is -0.154. The molecule has 1 atom stereocenters. The molecule has 1 heterocycles. The topological polar surface area (TPSA) is 72.5 Å². The molecule has 110 valence electrons. The van der Waals surface area contributed by atoms with E-state index in [0.29, 0.717) is 11.4 Å². The Balaban J connectivity index is 2.36. The van der Waals surface area contributed by atoms with Crippen LogP contribution in [-0.4, -0.2) is 30.3 Å². The normalized spacial score (nSPS) is 11.8. The highest BCUT2D eigenvalue weighted by atomic mass is 32.1. The Hall–Kier alpha value is -1.69. The number of likely N-dealkylation sites (N-methyl/N-ethyl adjacent to an activating group) is 1. The molecule has 0 aliphatic rings. The molecule has 1 amide bonds. The Morgan fingerprint density at radius 2 is 2.00 bits per heavy atom. The van der Waals surface area contributed by atoms with Crippen LogP contribution in [0.3, 0.4) is 0 Å². The van der Waals surface area contributed by atoms with E-state index in [4.69, 9.17) is 4.74 Å². The second kappa shape index (κ2) is 7.79. The molecule has 1 N–H and O–H groups in total. The zero-order valence-electron chi connectivity index (χ0n) is 11.9. The number of carbonyl (C=O) groups excluding carboxylic acids is 3. The SMILES string of the molecule is CCNC(=O)[C@@H](C)OC(=O)CCC(=O)c1ccc(C)s1. The third-order valence-corrected chi connectivity index (χ3v) is 3.64. The minimum atomic E-state index is -0.832. The van der Waals surface area contributed by atoms with Crippen LogP contribution in [0.15, 0.2) is 12.1 Å². The van der Waals surface area contributed by atoms with Gasteiger partial charge in [-0.15, -0.1) is 11.3 Å². The number of hydrogen-bond acceptors (Lipinski definition) is 5. The molecule has 0 aliphatic carbocycles. The lowest BCUT2D eigenvalue weighted by Gasteiger charge is -2.12. The van der Waals surface area contributed by atoms with Crippen molar-refractivity contribution in [3.8, 4) is 0 Å². The van der Waals surface area contributed by atoms with Crippen molar-refractivity contribution in [3.63, 3.8) is 0 Å². The Morgan fingerprint density at radius 3 is 2.55 bits per heavy atom. The van der Waals surface area contributed by atoms with E-state index in [1.54, 1.807) is 13.0 Å². The molecule has 0 saturated heterocycles. The number of thiophene rings is 1. The van der Waals surface area contributed by atoms with Crippen molar-refractivity contribution < 1.29 is 19.1 Å². The van der Waals surface area contributed by atoms with Gasteiger partial charge in [-0.1, -0.05) is 0 Å². The van der Waals surface area contributed by atoms with Gasteiger partial charge in [0, 0.05) is 17.8 Å². The number of ketones is 1. The monoisotopic (exact) mass is 297 g/mol. The minimum Gasteiger partial charge on any atom is -0.453 e. The van der Waals surface area contributed by atoms with Crippen LogP contribution in [0, 0.1) is 6.92 Å². The van der Waals surface area contributed by atoms with Gasteiger partial charge >= 0.3 is 5.97 Å². The van der Waals surface area contributed by atoms with Gasteiger partial charge in [0.2, 0.25) is 0 Å². The predicted octanol–water partition coefficient (Wildman–Crippen LogP) is 2.09. The van der Waals surface area contributed by atoms with Crippen LogP contribution in [-0.2, 0) is 14.3 Å². The van der Waals surface area contributed by atoms with Crippen LogP contribution in [0.5, 0.6) is 0 Å². The van der Waals surface area contributed by atoms with Crippen molar-refractivity contribution in [2.45, 2.75) is 39.7 Å². The van der Waals surface area contributed by atoms with Crippen molar-refractivity contribution >= 4 is 29.0 Å². The van der Waals surface area contributed by atoms with Gasteiger partial charge in [-0.05, 0) is 32.9 Å². The highest BCUT2D eigenvalue weighted by Crippen LogP contribution is 2.17. The molecule has 1 aromatic heterocycles. The fourth-order valence-electron chi connectivity index (χ4n) is 1.55. The molecule has 20 heavy (non-hydrogen) atoms. The fourth-order valence-corrected chi connectivity index (χ4v) is 2.39. The summed E-state index contributed by atoms with van der Waals surface area (Å²) < 4.78 is 4.96. The summed E-state index contributed by atoms with van der Waals surface area (Å²) in [5.41, 5.74) is 0. The van der Waals surface area contributed by atoms with E-state index >= 15 is 0 Å². The third-order valence-electron chi connectivity index (χ3n) is 2.60. The second-order valence-electron chi connectivity index (χ2n) is 4.36. The molecule has 0 aromatic carbocycles. The molecule has 1 aromatic rings. The number of carbonyl (C=O) groups is 3. The molecule has 5 nitrogen and oxygen atoms in total. The van der Waals surface area contributed by atoms with Crippen LogP contribution < -0.4 is 5.32 Å². The Labute approximate surface area is 122 Å². The van der Waals surface area contributed by atoms with Gasteiger partial charge in [-0.3, -0.25) is 14.4 Å². The maximum atomic E-state index is 11.8. The smallest absolute Gasteiger partial charge is 0.307 e. The summed E-state index contributed by atoms with van der Waals surface area (Å²) in [6.45, 7) is 5.70. The summed E-state index contributed by atoms with van der Waals surface area (Å²) in [6, 6.07) is 3.62. The fraction of sp³-hybridized carbons (Fsp3) is 0.500. The molecular weight excluding hydrogens is 278 g/mol. The Morgan fingerprint density at radius 1 is 1.30 bits per heavy atom. The average Bonchev–Trinajstić information content (AvgIpc) is 2.83. The van der Waals surface area contributed by atoms with Crippen molar-refractivity contribution in [3.05, 3.63) is 21.9 Å². The number of ether oxygens (including phenoxy) is 1. The van der Waals surface area contributed by atoms with E-state index in [1.165, 1.54) is 18.3 Å². The first-order valence-electron chi connectivity index (χ1n) is 6.50. The summed E-state index contributed by atoms with van der Waals surface area (Å²) in [7, 11) is 0. The number of amides is 1. The maximum Gasteiger partial charge on any atom is 0.307 e. The lowest BCUT2D eigenvalue weighted by atomic mass is 10.2. The lowest BCUT2D eigenvalue weighted by Crippen LogP contribution is -2.35. The zero-order valence-corrected chi connectivity index (χ0v) is 12.7. The summed E-state index contributed by atoms with van der Waals surface area (Å²) in [6.07, 6.45) is -0.748. The van der Waals surface area contributed by atoms with Gasteiger partial charge in [0.15, 0.2) is 11.9 Å². The van der Waals surface area contributed by atoms with Crippen LogP contribution in [0.1, 0.15) is 41.2 Å². The first-order chi connectivity index (χ1) is 9.43. The zero-order chi connectivity index (χ0) is 15.1. The number of esters is 1. The first kappa shape index (κ1) is 16.4. The van der Waals surface area contributed by atoms with E-state index < -0.39 is 12.1 Å². The highest BCUT2D eigenvalue weighted by molar-refractivity contribution is 7.14. The Kier molecular flexibility index (Phi) is 6.38. The third kappa shape index (κ3) is 5.13. The molecule has 6 heteroatoms. The van der Waals surface area contributed by atoms with Crippen LogP contribution in [0.4, 0.5) is 0 Å². The molecule has 0 aliphatic heterocycles. The number of aryl methyl sites for hydroxylation is 1. The van der Waals surface area contributed by atoms with Gasteiger partial charge in [0.1, 0.15) is 0 Å². The van der Waals surface area contributed by atoms with E-state index in [-0.39, 0.29) is 24.5 Å². The molecule has 0 fully saturated rings. The number of nitrogens with one attached hydrogen (secondary N) is 1. The molecule has 0 radical (unpaired) electrons. The van der Waals surface area contributed by atoms with Gasteiger partial charge in [-0.25, -0.2) is 0 Å². The minimum absolute atomic E-state index is 0.0144. The van der Waals surface area contributed by atoms with E-state index in [0.717, 1.165) is 4.88 Å². The number of hydrogen-bond donors (Lipinski definition) is 1. The number of Topliss-reactive ketones (excluding diaryl/α,β-unsaturated/α-hetero) is 1. The quantitative estimate of drug-likeness (QED) is 0.618. The molecule has 0 bridgehead atoms. The molecule has 0 spiro atoms. The van der Waals surface area contributed by atoms with Gasteiger partial charge in [-0.2, -0.15) is 0 Å². The standard InChI is InChI=1S/C14H19NO4S/c1-4-15-14(18)10(3)19-13(17)8-6-11(16)12-7-5-9(2)20-12/h5,7,10H,4,6,8H2,1-3H3,(H,15,18)/t10-/m1/s1. The second-order valence-corrected chi connectivity index (χ2v) is 5.65. The average molecular weight is 297 g/mol. The maximum absolute atomic E-state index is 11.8. The van der Waals surface area contributed by atoms with Crippen molar-refractivity contribution in [2.75, 3.05) is 6.54 Å². The van der Waals surface area contributed by atoms with E-state index in [2.05, 4.69) is 5.32 Å². The highest BCUT2D eigenvalue weighted by Gasteiger charge is 2.18. The molecular formula is C14H19NO4S. The predicted molar refractivity (Wildman–Crippen MR) is 76.9 cm³/mol. The van der Waals surface area contributed by atoms with Crippen molar-refractivity contribution in [2.24, 2.45) is 0 Å². The van der Waals surface area contributed by atoms with Gasteiger partial charge < -0.3 is 10.1 Å². The molecule has 0 saturated carbocycles. The molecule has 1 rings (SSSR count). The van der Waals surface area contributed by atoms with Gasteiger partial charge in [0.25, 0.3) is 5.91 Å². The van der Waals surface area contributed by atoms with E-state index in [9.17, 15) is 14.4 Å². The van der Waals surface area contributed by atoms with Gasteiger partial charge in [0.05, 0.1) is 11.3 Å². The van der Waals surface area contributed by atoms with Crippen LogP contribution in [0.25, 0.3) is 0 Å². The summed E-state index contributed by atoms with van der Waals surface area (Å²) in [5, 5.41) is 2.56. The molecule has 0 unspecified atom stereocenters.